The molecule has 6 nitrogen and oxygen atoms in total. The highest BCUT2D eigenvalue weighted by Gasteiger charge is 2.07. The van der Waals surface area contributed by atoms with Gasteiger partial charge >= 0.3 is 0 Å². The topological polar surface area (TPSA) is 82.1 Å². The Morgan fingerprint density at radius 1 is 1.00 bits per heavy atom. The summed E-state index contributed by atoms with van der Waals surface area (Å²) in [4.78, 5) is 16.8. The average Bonchev–Trinajstić information content (AvgIpc) is 2.68. The zero-order chi connectivity index (χ0) is 18.4. The fraction of sp³-hybridized carbons (Fsp3) is 0.100. The third-order valence-corrected chi connectivity index (χ3v) is 3.94. The number of quaternary nitrogens is 1. The first-order valence-electron chi connectivity index (χ1n) is 8.19. The first kappa shape index (κ1) is 17.8. The van der Waals surface area contributed by atoms with Gasteiger partial charge in [0, 0.05) is 30.1 Å². The van der Waals surface area contributed by atoms with Crippen molar-refractivity contribution in [2.24, 2.45) is 4.99 Å². The van der Waals surface area contributed by atoms with E-state index in [-0.39, 0.29) is 18.0 Å². The zero-order valence-electron chi connectivity index (χ0n) is 14.1. The normalized spacial score (nSPS) is 11.8. The number of carbonyl (C=O) groups excluding carboxylic acids is 1. The molecule has 6 heteroatoms. The molecule has 3 rings (SSSR count). The Kier molecular flexibility index (Phi) is 5.70. The SMILES string of the molecule is O=C(Cn1ccc(=NCc2ccccc2)cc1)c1ccc([NH+]([O-])O)cc1. The molecule has 0 fully saturated rings. The molecule has 0 aliphatic carbocycles. The molecule has 0 amide bonds. The minimum atomic E-state index is -1.01. The van der Waals surface area contributed by atoms with Gasteiger partial charge in [0.2, 0.25) is 0 Å². The van der Waals surface area contributed by atoms with Gasteiger partial charge in [-0.05, 0) is 29.8 Å². The van der Waals surface area contributed by atoms with Gasteiger partial charge in [-0.1, -0.05) is 30.3 Å². The number of nitrogens with zero attached hydrogens (tertiary/aromatic N) is 2. The van der Waals surface area contributed by atoms with E-state index in [1.807, 2.05) is 54.9 Å². The Morgan fingerprint density at radius 3 is 2.27 bits per heavy atom. The van der Waals surface area contributed by atoms with Gasteiger partial charge in [-0.2, -0.15) is 5.23 Å². The minimum Gasteiger partial charge on any atom is -0.595 e. The summed E-state index contributed by atoms with van der Waals surface area (Å²) in [7, 11) is 0. The number of benzene rings is 2. The molecule has 132 valence electrons. The van der Waals surface area contributed by atoms with Crippen LogP contribution in [-0.2, 0) is 13.1 Å². The van der Waals surface area contributed by atoms with Gasteiger partial charge in [0.25, 0.3) is 0 Å². The number of aromatic nitrogens is 1. The second-order valence-corrected chi connectivity index (χ2v) is 5.84. The summed E-state index contributed by atoms with van der Waals surface area (Å²) >= 11 is 0. The maximum absolute atomic E-state index is 12.3. The molecule has 0 saturated carbocycles. The monoisotopic (exact) mass is 349 g/mol. The lowest BCUT2D eigenvalue weighted by Gasteiger charge is -2.11. The number of Topliss-reactive ketones (excluding diaryl/α,β-unsaturated/α-hetero) is 1. The predicted octanol–water partition coefficient (Wildman–Crippen LogP) is 1.88. The van der Waals surface area contributed by atoms with Crippen LogP contribution in [0.3, 0.4) is 0 Å². The van der Waals surface area contributed by atoms with Crippen LogP contribution in [0.1, 0.15) is 15.9 Å². The zero-order valence-corrected chi connectivity index (χ0v) is 14.1. The summed E-state index contributed by atoms with van der Waals surface area (Å²) in [6.07, 6.45) is 3.63. The van der Waals surface area contributed by atoms with Gasteiger partial charge in [-0.3, -0.25) is 9.79 Å². The van der Waals surface area contributed by atoms with Crippen LogP contribution in [0, 0.1) is 5.21 Å². The highest BCUT2D eigenvalue weighted by atomic mass is 16.8. The summed E-state index contributed by atoms with van der Waals surface area (Å²) in [6.45, 7) is 0.797. The number of nitrogens with one attached hydrogen (secondary N) is 1. The van der Waals surface area contributed by atoms with E-state index in [1.54, 1.807) is 4.57 Å². The van der Waals surface area contributed by atoms with E-state index in [9.17, 15) is 10.0 Å². The number of rotatable bonds is 6. The Labute approximate surface area is 150 Å². The third kappa shape index (κ3) is 4.73. The second-order valence-electron chi connectivity index (χ2n) is 5.84. The lowest BCUT2D eigenvalue weighted by Crippen LogP contribution is -2.99. The predicted molar refractivity (Wildman–Crippen MR) is 96.7 cm³/mol. The Balaban J connectivity index is 1.64. The molecule has 2 N–H and O–H groups in total. The van der Waals surface area contributed by atoms with Crippen LogP contribution in [-0.4, -0.2) is 15.6 Å². The van der Waals surface area contributed by atoms with Crippen LogP contribution in [0.15, 0.2) is 84.1 Å². The molecule has 2 aromatic carbocycles. The van der Waals surface area contributed by atoms with Crippen molar-refractivity contribution < 1.29 is 15.2 Å². The van der Waals surface area contributed by atoms with Gasteiger partial charge in [0.1, 0.15) is 0 Å². The van der Waals surface area contributed by atoms with Crippen molar-refractivity contribution in [3.8, 4) is 0 Å². The highest BCUT2D eigenvalue weighted by Crippen LogP contribution is 2.07. The molecule has 0 aliphatic heterocycles. The van der Waals surface area contributed by atoms with Crippen LogP contribution in [0.2, 0.25) is 0 Å². The Morgan fingerprint density at radius 2 is 1.65 bits per heavy atom. The quantitative estimate of drug-likeness (QED) is 0.526. The maximum atomic E-state index is 12.3. The van der Waals surface area contributed by atoms with Gasteiger partial charge in [-0.25, -0.2) is 5.21 Å². The smallest absolute Gasteiger partial charge is 0.182 e. The van der Waals surface area contributed by atoms with E-state index in [0.717, 1.165) is 10.9 Å². The summed E-state index contributed by atoms with van der Waals surface area (Å²) in [6, 6.07) is 19.7. The number of ketones is 1. The fourth-order valence-electron chi connectivity index (χ4n) is 2.48. The van der Waals surface area contributed by atoms with Crippen molar-refractivity contribution in [3.05, 3.63) is 101 Å². The summed E-state index contributed by atoms with van der Waals surface area (Å²) in [5, 5.41) is 19.6. The van der Waals surface area contributed by atoms with E-state index >= 15 is 0 Å². The number of hydrogen-bond donors (Lipinski definition) is 2. The molecular weight excluding hydrogens is 330 g/mol. The average molecular weight is 349 g/mol. The molecule has 0 saturated heterocycles. The maximum Gasteiger partial charge on any atom is 0.182 e. The van der Waals surface area contributed by atoms with Crippen LogP contribution in [0.4, 0.5) is 5.69 Å². The van der Waals surface area contributed by atoms with Crippen molar-refractivity contribution in [3.63, 3.8) is 0 Å². The third-order valence-electron chi connectivity index (χ3n) is 3.94. The van der Waals surface area contributed by atoms with E-state index in [0.29, 0.717) is 12.1 Å². The van der Waals surface area contributed by atoms with Gasteiger partial charge in [-0.15, -0.1) is 0 Å². The molecule has 26 heavy (non-hydrogen) atoms. The molecule has 3 aromatic rings. The molecule has 1 atom stereocenters. The standard InChI is InChI=1S/C20H19N3O3/c24-20(17-6-8-19(9-7-17)23(25)26)15-22-12-10-18(11-13-22)21-14-16-4-2-1-3-5-16/h1-13,23,25H,14-15H2. The first-order chi connectivity index (χ1) is 12.6. The molecule has 0 aliphatic rings. The fourth-order valence-corrected chi connectivity index (χ4v) is 2.48. The van der Waals surface area contributed by atoms with Crippen molar-refractivity contribution >= 4 is 11.5 Å². The van der Waals surface area contributed by atoms with Crippen molar-refractivity contribution in [1.82, 2.24) is 4.57 Å². The van der Waals surface area contributed by atoms with Crippen LogP contribution < -0.4 is 10.6 Å². The number of carbonyl (C=O) groups is 1. The van der Waals surface area contributed by atoms with E-state index in [2.05, 4.69) is 4.99 Å². The molecule has 1 unspecified atom stereocenters. The summed E-state index contributed by atoms with van der Waals surface area (Å²) < 4.78 is 1.77. The van der Waals surface area contributed by atoms with Gasteiger partial charge in [0.15, 0.2) is 11.5 Å². The van der Waals surface area contributed by atoms with E-state index < -0.39 is 5.23 Å². The summed E-state index contributed by atoms with van der Waals surface area (Å²) in [5.74, 6) is -0.0825. The highest BCUT2D eigenvalue weighted by molar-refractivity contribution is 5.96. The molecule has 0 radical (unpaired) electrons. The van der Waals surface area contributed by atoms with Crippen LogP contribution in [0.5, 0.6) is 0 Å². The first-order valence-corrected chi connectivity index (χ1v) is 8.19. The van der Waals surface area contributed by atoms with Crippen LogP contribution >= 0.6 is 0 Å². The number of pyridine rings is 1. The van der Waals surface area contributed by atoms with Gasteiger partial charge in [0.05, 0.1) is 18.4 Å². The van der Waals surface area contributed by atoms with E-state index in [4.69, 9.17) is 5.21 Å². The lowest BCUT2D eigenvalue weighted by atomic mass is 10.1. The summed E-state index contributed by atoms with van der Waals surface area (Å²) in [5.41, 5.74) is 1.79. The van der Waals surface area contributed by atoms with E-state index in [1.165, 1.54) is 24.3 Å². The van der Waals surface area contributed by atoms with Crippen molar-refractivity contribution in [2.45, 2.75) is 13.1 Å². The lowest BCUT2D eigenvalue weighted by molar-refractivity contribution is -0.991. The Bertz CT molecular complexity index is 912. The molecule has 1 aromatic heterocycles. The van der Waals surface area contributed by atoms with Crippen molar-refractivity contribution in [1.29, 1.82) is 0 Å². The minimum absolute atomic E-state index is 0.0825. The molecular formula is C20H19N3O3. The largest absolute Gasteiger partial charge is 0.595 e. The molecule has 0 spiro atoms. The van der Waals surface area contributed by atoms with Gasteiger partial charge < -0.3 is 9.77 Å². The van der Waals surface area contributed by atoms with Crippen molar-refractivity contribution in [2.75, 3.05) is 0 Å². The molecule has 0 bridgehead atoms. The molecule has 1 heterocycles. The second kappa shape index (κ2) is 8.35. The number of hydrogen-bond acceptors (Lipinski definition) is 4. The Hall–Kier alpha value is -3.06. The van der Waals surface area contributed by atoms with Crippen LogP contribution in [0.25, 0.3) is 0 Å².